The molecule has 1 fully saturated rings. The molecule has 1 aliphatic carbocycles. The number of nitrogens with zero attached hydrogens (tertiary/aromatic N) is 2. The van der Waals surface area contributed by atoms with Crippen LogP contribution in [0, 0.1) is 6.92 Å². The Morgan fingerprint density at radius 3 is 2.62 bits per heavy atom. The van der Waals surface area contributed by atoms with E-state index in [4.69, 9.17) is 17.0 Å². The normalized spacial score (nSPS) is 13.5. The van der Waals surface area contributed by atoms with E-state index in [1.807, 2.05) is 37.3 Å². The van der Waals surface area contributed by atoms with Gasteiger partial charge in [0.25, 0.3) is 0 Å². The molecule has 1 saturated carbocycles. The van der Waals surface area contributed by atoms with E-state index in [0.717, 1.165) is 28.8 Å². The molecule has 198 valence electrons. The van der Waals surface area contributed by atoms with Gasteiger partial charge in [-0.1, -0.05) is 30.3 Å². The summed E-state index contributed by atoms with van der Waals surface area (Å²) in [7, 11) is 0. The number of carbonyl (C=O) groups is 1. The third-order valence-electron chi connectivity index (χ3n) is 5.85. The Morgan fingerprint density at radius 2 is 2.00 bits per heavy atom. The van der Waals surface area contributed by atoms with Gasteiger partial charge in [-0.05, 0) is 66.8 Å². The summed E-state index contributed by atoms with van der Waals surface area (Å²) in [5.41, 5.74) is 1.85. The standard InChI is InChI=1S/C25H26BrF3N4O2S2/c1-3-35-23(34)18-17(15-8-5-4-6-9-15)14(2)37-22(18)31-24(36)30-12-7-13-33-20(16-10-11-16)19(26)21(32-33)25(27,28)29/h4-6,8-9,16H,3,7,10-13H2,1-2H3,(H2,30,31,36). The van der Waals surface area contributed by atoms with E-state index in [2.05, 4.69) is 31.7 Å². The molecular formula is C25H26BrF3N4O2S2. The zero-order chi connectivity index (χ0) is 26.7. The van der Waals surface area contributed by atoms with Gasteiger partial charge >= 0.3 is 12.1 Å². The fourth-order valence-electron chi connectivity index (χ4n) is 4.11. The summed E-state index contributed by atoms with van der Waals surface area (Å²) in [6.45, 7) is 4.67. The molecule has 0 saturated heterocycles. The van der Waals surface area contributed by atoms with Crippen molar-refractivity contribution in [2.45, 2.75) is 51.7 Å². The van der Waals surface area contributed by atoms with E-state index >= 15 is 0 Å². The maximum Gasteiger partial charge on any atom is 0.436 e. The second kappa shape index (κ2) is 11.5. The summed E-state index contributed by atoms with van der Waals surface area (Å²) < 4.78 is 46.8. The Labute approximate surface area is 230 Å². The van der Waals surface area contributed by atoms with Gasteiger partial charge in [-0.3, -0.25) is 4.68 Å². The molecule has 1 aliphatic rings. The molecule has 2 N–H and O–H groups in total. The number of thiocarbonyl (C=S) groups is 1. The van der Waals surface area contributed by atoms with E-state index in [9.17, 15) is 18.0 Å². The van der Waals surface area contributed by atoms with Crippen LogP contribution < -0.4 is 10.6 Å². The highest BCUT2D eigenvalue weighted by atomic mass is 79.9. The first-order chi connectivity index (χ1) is 17.6. The minimum absolute atomic E-state index is 0.0430. The van der Waals surface area contributed by atoms with E-state index in [-0.39, 0.29) is 17.0 Å². The highest BCUT2D eigenvalue weighted by Gasteiger charge is 2.41. The highest BCUT2D eigenvalue weighted by Crippen LogP contribution is 2.47. The number of anilines is 1. The van der Waals surface area contributed by atoms with Crippen LogP contribution >= 0.6 is 39.5 Å². The number of aromatic nitrogens is 2. The van der Waals surface area contributed by atoms with Gasteiger partial charge in [-0.25, -0.2) is 4.79 Å². The molecule has 0 atom stereocenters. The molecular weight excluding hydrogens is 589 g/mol. The summed E-state index contributed by atoms with van der Waals surface area (Å²) in [6, 6.07) is 9.60. The minimum Gasteiger partial charge on any atom is -0.462 e. The third-order valence-corrected chi connectivity index (χ3v) is 7.90. The van der Waals surface area contributed by atoms with Crippen LogP contribution in [0.25, 0.3) is 11.1 Å². The lowest BCUT2D eigenvalue weighted by Gasteiger charge is -2.12. The molecule has 37 heavy (non-hydrogen) atoms. The molecule has 0 unspecified atom stereocenters. The number of thiophene rings is 1. The van der Waals surface area contributed by atoms with Crippen molar-refractivity contribution in [3.63, 3.8) is 0 Å². The maximum atomic E-state index is 13.3. The van der Waals surface area contributed by atoms with Crippen LogP contribution in [0.15, 0.2) is 34.8 Å². The molecule has 0 spiro atoms. The predicted molar refractivity (Wildman–Crippen MR) is 146 cm³/mol. The van der Waals surface area contributed by atoms with E-state index < -0.39 is 17.8 Å². The fourth-order valence-corrected chi connectivity index (χ4v) is 6.28. The van der Waals surface area contributed by atoms with Gasteiger partial charge in [0.2, 0.25) is 0 Å². The Kier molecular flexibility index (Phi) is 8.59. The molecule has 0 radical (unpaired) electrons. The summed E-state index contributed by atoms with van der Waals surface area (Å²) in [5.74, 6) is -0.329. The molecule has 12 heteroatoms. The van der Waals surface area contributed by atoms with Gasteiger partial charge in [0.1, 0.15) is 10.6 Å². The average molecular weight is 616 g/mol. The monoisotopic (exact) mass is 614 g/mol. The number of esters is 1. The molecule has 3 aromatic rings. The Hall–Kier alpha value is -2.44. The van der Waals surface area contributed by atoms with E-state index in [1.54, 1.807) is 6.92 Å². The zero-order valence-electron chi connectivity index (χ0n) is 20.2. The van der Waals surface area contributed by atoms with Crippen molar-refractivity contribution in [3.05, 3.63) is 56.6 Å². The number of ether oxygens (including phenoxy) is 1. The van der Waals surface area contributed by atoms with E-state index in [0.29, 0.717) is 40.9 Å². The number of halogens is 4. The SMILES string of the molecule is CCOC(=O)c1c(NC(=S)NCCCn2nc(C(F)(F)F)c(Br)c2C2CC2)sc(C)c1-c1ccccc1. The summed E-state index contributed by atoms with van der Waals surface area (Å²) in [5, 5.41) is 10.9. The first-order valence-corrected chi connectivity index (χ1v) is 13.9. The van der Waals surface area contributed by atoms with Gasteiger partial charge in [-0.2, -0.15) is 18.3 Å². The number of benzene rings is 1. The summed E-state index contributed by atoms with van der Waals surface area (Å²) in [4.78, 5) is 13.8. The van der Waals surface area contributed by atoms with Crippen molar-refractivity contribution in [1.82, 2.24) is 15.1 Å². The van der Waals surface area contributed by atoms with Crippen molar-refractivity contribution < 1.29 is 22.7 Å². The predicted octanol–water partition coefficient (Wildman–Crippen LogP) is 7.13. The lowest BCUT2D eigenvalue weighted by atomic mass is 10.0. The first kappa shape index (κ1) is 27.6. The molecule has 2 heterocycles. The van der Waals surface area contributed by atoms with Gasteiger partial charge in [0.05, 0.1) is 16.8 Å². The van der Waals surface area contributed by atoms with Gasteiger partial charge in [0.15, 0.2) is 10.8 Å². The molecule has 1 aromatic carbocycles. The van der Waals surface area contributed by atoms with E-state index in [1.165, 1.54) is 16.0 Å². The van der Waals surface area contributed by atoms with Gasteiger partial charge in [-0.15, -0.1) is 11.3 Å². The smallest absolute Gasteiger partial charge is 0.436 e. The Bertz CT molecular complexity index is 1290. The number of alkyl halides is 3. The van der Waals surface area contributed by atoms with Crippen molar-refractivity contribution in [1.29, 1.82) is 0 Å². The molecule has 2 aromatic heterocycles. The lowest BCUT2D eigenvalue weighted by molar-refractivity contribution is -0.142. The number of rotatable bonds is 9. The van der Waals surface area contributed by atoms with Gasteiger partial charge in [0, 0.05) is 29.4 Å². The van der Waals surface area contributed by atoms with Crippen LogP contribution in [-0.2, 0) is 17.5 Å². The third kappa shape index (κ3) is 6.35. The van der Waals surface area contributed by atoms with Crippen LogP contribution in [0.2, 0.25) is 0 Å². The first-order valence-electron chi connectivity index (χ1n) is 11.9. The minimum atomic E-state index is -4.51. The van der Waals surface area contributed by atoms with Crippen LogP contribution in [-0.4, -0.2) is 34.0 Å². The molecule has 0 aliphatic heterocycles. The topological polar surface area (TPSA) is 68.2 Å². The van der Waals surface area contributed by atoms with Crippen molar-refractivity contribution in [2.75, 3.05) is 18.5 Å². The quantitative estimate of drug-likeness (QED) is 0.152. The zero-order valence-corrected chi connectivity index (χ0v) is 23.5. The molecule has 6 nitrogen and oxygen atoms in total. The lowest BCUT2D eigenvalue weighted by Crippen LogP contribution is -2.30. The van der Waals surface area contributed by atoms with Crippen molar-refractivity contribution >= 4 is 55.6 Å². The highest BCUT2D eigenvalue weighted by molar-refractivity contribution is 9.10. The molecule has 4 rings (SSSR count). The van der Waals surface area contributed by atoms with Crippen LogP contribution in [0.4, 0.5) is 18.2 Å². The van der Waals surface area contributed by atoms with Crippen LogP contribution in [0.3, 0.4) is 0 Å². The summed E-state index contributed by atoms with van der Waals surface area (Å²) in [6.07, 6.45) is -2.27. The maximum absolute atomic E-state index is 13.3. The van der Waals surface area contributed by atoms with Crippen LogP contribution in [0.5, 0.6) is 0 Å². The second-order valence-corrected chi connectivity index (χ2v) is 11.0. The summed E-state index contributed by atoms with van der Waals surface area (Å²) >= 11 is 9.97. The largest absolute Gasteiger partial charge is 0.462 e. The van der Waals surface area contributed by atoms with Crippen molar-refractivity contribution in [3.8, 4) is 11.1 Å². The number of nitrogens with one attached hydrogen (secondary N) is 2. The number of hydrogen-bond acceptors (Lipinski definition) is 5. The molecule has 0 amide bonds. The molecule has 0 bridgehead atoms. The number of hydrogen-bond donors (Lipinski definition) is 2. The van der Waals surface area contributed by atoms with Gasteiger partial charge < -0.3 is 15.4 Å². The van der Waals surface area contributed by atoms with Crippen LogP contribution in [0.1, 0.15) is 58.7 Å². The fraction of sp³-hybridized carbons (Fsp3) is 0.400. The number of carbonyl (C=O) groups excluding carboxylic acids is 1. The Morgan fingerprint density at radius 1 is 1.30 bits per heavy atom. The Balaban J connectivity index is 1.42. The second-order valence-electron chi connectivity index (χ2n) is 8.60. The average Bonchev–Trinajstić information content (AvgIpc) is 3.54. The number of aryl methyl sites for hydroxylation is 2. The van der Waals surface area contributed by atoms with Crippen molar-refractivity contribution in [2.24, 2.45) is 0 Å².